The van der Waals surface area contributed by atoms with Crippen LogP contribution < -0.4 is 4.90 Å². The molecule has 0 fully saturated rings. The molecule has 4 heteroatoms. The lowest BCUT2D eigenvalue weighted by Gasteiger charge is -2.23. The number of aliphatic carboxylic acids is 1. The number of nitrogens with zero attached hydrogens (tertiary/aromatic N) is 1. The van der Waals surface area contributed by atoms with E-state index in [1.807, 2.05) is 17.0 Å². The summed E-state index contributed by atoms with van der Waals surface area (Å²) in [5.74, 6) is -0.798. The Hall–Kier alpha value is -1.22. The van der Waals surface area contributed by atoms with Crippen LogP contribution in [0, 0.1) is 0 Å². The summed E-state index contributed by atoms with van der Waals surface area (Å²) >= 11 is 5.87. The van der Waals surface area contributed by atoms with E-state index in [1.54, 1.807) is 12.1 Å². The van der Waals surface area contributed by atoms with Gasteiger partial charge in [-0.1, -0.05) is 57.0 Å². The molecule has 0 spiro atoms. The fourth-order valence-electron chi connectivity index (χ4n) is 2.37. The first-order valence-electron chi connectivity index (χ1n) is 7.85. The highest BCUT2D eigenvalue weighted by atomic mass is 35.5. The van der Waals surface area contributed by atoms with E-state index >= 15 is 0 Å². The number of anilines is 1. The number of benzene rings is 1. The molecule has 0 saturated carbocycles. The number of carbonyl (C=O) groups is 1. The summed E-state index contributed by atoms with van der Waals surface area (Å²) < 4.78 is 0. The van der Waals surface area contributed by atoms with Gasteiger partial charge in [0.05, 0.1) is 0 Å². The SMILES string of the molecule is CCCCCCCCCN(CC(=O)O)c1ccc(Cl)cc1. The van der Waals surface area contributed by atoms with Crippen molar-refractivity contribution in [3.05, 3.63) is 29.3 Å². The van der Waals surface area contributed by atoms with E-state index in [4.69, 9.17) is 16.7 Å². The van der Waals surface area contributed by atoms with Gasteiger partial charge in [0.25, 0.3) is 0 Å². The van der Waals surface area contributed by atoms with Crippen molar-refractivity contribution in [2.75, 3.05) is 18.0 Å². The minimum absolute atomic E-state index is 0.0392. The van der Waals surface area contributed by atoms with Crippen molar-refractivity contribution >= 4 is 23.3 Å². The molecule has 0 atom stereocenters. The van der Waals surface area contributed by atoms with Crippen LogP contribution in [0.1, 0.15) is 51.9 Å². The van der Waals surface area contributed by atoms with Crippen LogP contribution in [-0.2, 0) is 4.79 Å². The van der Waals surface area contributed by atoms with E-state index in [0.29, 0.717) is 5.02 Å². The van der Waals surface area contributed by atoms with Crippen LogP contribution in [0.15, 0.2) is 24.3 Å². The molecule has 0 aromatic heterocycles. The molecule has 0 amide bonds. The lowest BCUT2D eigenvalue weighted by molar-refractivity contribution is -0.135. The number of carboxylic acid groups (broad SMARTS) is 1. The van der Waals surface area contributed by atoms with Crippen molar-refractivity contribution in [1.29, 1.82) is 0 Å². The summed E-state index contributed by atoms with van der Waals surface area (Å²) in [6, 6.07) is 7.37. The highest BCUT2D eigenvalue weighted by molar-refractivity contribution is 6.30. The molecule has 118 valence electrons. The zero-order valence-electron chi connectivity index (χ0n) is 12.9. The van der Waals surface area contributed by atoms with Crippen LogP contribution in [0.3, 0.4) is 0 Å². The summed E-state index contributed by atoms with van der Waals surface area (Å²) in [4.78, 5) is 12.9. The van der Waals surface area contributed by atoms with Gasteiger partial charge in [-0.15, -0.1) is 0 Å². The maximum atomic E-state index is 11.0. The Kier molecular flexibility index (Phi) is 8.91. The van der Waals surface area contributed by atoms with Gasteiger partial charge >= 0.3 is 5.97 Å². The van der Waals surface area contributed by atoms with Crippen LogP contribution >= 0.6 is 11.6 Å². The van der Waals surface area contributed by atoms with E-state index in [2.05, 4.69) is 6.92 Å². The molecule has 0 aliphatic carbocycles. The minimum Gasteiger partial charge on any atom is -0.480 e. The fourth-order valence-corrected chi connectivity index (χ4v) is 2.50. The fraction of sp³-hybridized carbons (Fsp3) is 0.588. The monoisotopic (exact) mass is 311 g/mol. The lowest BCUT2D eigenvalue weighted by Crippen LogP contribution is -2.30. The van der Waals surface area contributed by atoms with Gasteiger partial charge < -0.3 is 10.0 Å². The average molecular weight is 312 g/mol. The molecule has 0 unspecified atom stereocenters. The van der Waals surface area contributed by atoms with Gasteiger partial charge in [-0.2, -0.15) is 0 Å². The molecule has 1 N–H and O–H groups in total. The van der Waals surface area contributed by atoms with Crippen molar-refractivity contribution in [1.82, 2.24) is 0 Å². The van der Waals surface area contributed by atoms with Crippen molar-refractivity contribution in [3.63, 3.8) is 0 Å². The topological polar surface area (TPSA) is 40.5 Å². The molecular weight excluding hydrogens is 286 g/mol. The Balaban J connectivity index is 2.37. The zero-order chi connectivity index (χ0) is 15.5. The van der Waals surface area contributed by atoms with Crippen LogP contribution in [0.2, 0.25) is 5.02 Å². The second kappa shape index (κ2) is 10.5. The minimum atomic E-state index is -0.798. The number of unbranched alkanes of at least 4 members (excludes halogenated alkanes) is 6. The molecule has 21 heavy (non-hydrogen) atoms. The summed E-state index contributed by atoms with van der Waals surface area (Å²) in [7, 11) is 0. The zero-order valence-corrected chi connectivity index (χ0v) is 13.6. The summed E-state index contributed by atoms with van der Waals surface area (Å²) in [5, 5.41) is 9.70. The summed E-state index contributed by atoms with van der Waals surface area (Å²) in [6.07, 6.45) is 8.61. The van der Waals surface area contributed by atoms with E-state index in [1.165, 1.54) is 32.1 Å². The normalized spacial score (nSPS) is 10.6. The summed E-state index contributed by atoms with van der Waals surface area (Å²) in [6.45, 7) is 3.04. The molecule has 3 nitrogen and oxygen atoms in total. The van der Waals surface area contributed by atoms with E-state index in [0.717, 1.165) is 25.1 Å². The number of hydrogen-bond donors (Lipinski definition) is 1. The molecule has 0 radical (unpaired) electrons. The summed E-state index contributed by atoms with van der Waals surface area (Å²) in [5.41, 5.74) is 0.924. The van der Waals surface area contributed by atoms with E-state index in [-0.39, 0.29) is 6.54 Å². The molecular formula is C17H26ClNO2. The predicted molar refractivity (Wildman–Crippen MR) is 89.3 cm³/mol. The molecule has 0 saturated heterocycles. The molecule has 0 aliphatic rings. The van der Waals surface area contributed by atoms with E-state index in [9.17, 15) is 4.79 Å². The van der Waals surface area contributed by atoms with Gasteiger partial charge in [-0.25, -0.2) is 0 Å². The highest BCUT2D eigenvalue weighted by Crippen LogP contribution is 2.19. The highest BCUT2D eigenvalue weighted by Gasteiger charge is 2.10. The number of carboxylic acids is 1. The Morgan fingerprint density at radius 2 is 1.62 bits per heavy atom. The number of rotatable bonds is 11. The van der Waals surface area contributed by atoms with Crippen molar-refractivity contribution < 1.29 is 9.90 Å². The third-order valence-electron chi connectivity index (χ3n) is 3.55. The van der Waals surface area contributed by atoms with Gasteiger partial charge in [-0.05, 0) is 30.7 Å². The molecule has 0 bridgehead atoms. The van der Waals surface area contributed by atoms with Crippen LogP contribution in [0.25, 0.3) is 0 Å². The average Bonchev–Trinajstić information content (AvgIpc) is 2.45. The number of halogens is 1. The van der Waals surface area contributed by atoms with Crippen molar-refractivity contribution in [3.8, 4) is 0 Å². The largest absolute Gasteiger partial charge is 0.480 e. The maximum absolute atomic E-state index is 11.0. The Bertz CT molecular complexity index is 406. The van der Waals surface area contributed by atoms with Gasteiger partial charge in [0, 0.05) is 17.3 Å². The van der Waals surface area contributed by atoms with Gasteiger partial charge in [0.15, 0.2) is 0 Å². The molecule has 1 aromatic rings. The van der Waals surface area contributed by atoms with Gasteiger partial charge in [-0.3, -0.25) is 4.79 Å². The first-order valence-corrected chi connectivity index (χ1v) is 8.23. The Morgan fingerprint density at radius 3 is 2.19 bits per heavy atom. The van der Waals surface area contributed by atoms with E-state index < -0.39 is 5.97 Å². The quantitative estimate of drug-likeness (QED) is 0.586. The molecule has 1 aromatic carbocycles. The van der Waals surface area contributed by atoms with Crippen LogP contribution in [-0.4, -0.2) is 24.2 Å². The standard InChI is InChI=1S/C17H26ClNO2/c1-2-3-4-5-6-7-8-13-19(14-17(20)21)16-11-9-15(18)10-12-16/h9-12H,2-8,13-14H2,1H3,(H,20,21). The lowest BCUT2D eigenvalue weighted by atomic mass is 10.1. The Morgan fingerprint density at radius 1 is 1.05 bits per heavy atom. The Labute approximate surface area is 132 Å². The molecule has 1 rings (SSSR count). The number of hydrogen-bond acceptors (Lipinski definition) is 2. The predicted octanol–water partition coefficient (Wildman–Crippen LogP) is 4.98. The van der Waals surface area contributed by atoms with Crippen molar-refractivity contribution in [2.45, 2.75) is 51.9 Å². The third kappa shape index (κ3) is 7.96. The van der Waals surface area contributed by atoms with Gasteiger partial charge in [0.1, 0.15) is 6.54 Å². The van der Waals surface area contributed by atoms with Gasteiger partial charge in [0.2, 0.25) is 0 Å². The smallest absolute Gasteiger partial charge is 0.323 e. The second-order valence-corrected chi connectivity index (χ2v) is 5.85. The van der Waals surface area contributed by atoms with Crippen LogP contribution in [0.4, 0.5) is 5.69 Å². The third-order valence-corrected chi connectivity index (χ3v) is 3.80. The first kappa shape index (κ1) is 17.8. The van der Waals surface area contributed by atoms with Crippen molar-refractivity contribution in [2.24, 2.45) is 0 Å². The molecule has 0 heterocycles. The first-order chi connectivity index (χ1) is 10.1. The molecule has 0 aliphatic heterocycles. The second-order valence-electron chi connectivity index (χ2n) is 5.41. The van der Waals surface area contributed by atoms with Crippen LogP contribution in [0.5, 0.6) is 0 Å². The maximum Gasteiger partial charge on any atom is 0.323 e.